The molecule has 0 saturated heterocycles. The number of benzene rings is 1. The number of hydrogen-bond acceptors (Lipinski definition) is 3. The molecule has 0 radical (unpaired) electrons. The largest absolute Gasteiger partial charge is 0.478 e. The molecule has 0 aliphatic heterocycles. The number of hydrogen-bond donors (Lipinski definition) is 1. The molecule has 1 aromatic rings. The lowest BCUT2D eigenvalue weighted by atomic mass is 10.1. The van der Waals surface area contributed by atoms with E-state index in [-0.39, 0.29) is 0 Å². The van der Waals surface area contributed by atoms with Crippen LogP contribution in [0.5, 0.6) is 0 Å². The van der Waals surface area contributed by atoms with Gasteiger partial charge < -0.3 is 14.9 Å². The highest BCUT2D eigenvalue weighted by molar-refractivity contribution is 9.10. The third-order valence-electron chi connectivity index (χ3n) is 2.91. The van der Waals surface area contributed by atoms with Crippen LogP contribution in [0.4, 0.5) is 5.69 Å². The van der Waals surface area contributed by atoms with Crippen molar-refractivity contribution in [3.8, 4) is 0 Å². The molecular weight excluding hydrogens is 320 g/mol. The second kappa shape index (κ2) is 8.07. The topological polar surface area (TPSA) is 43.8 Å². The van der Waals surface area contributed by atoms with Gasteiger partial charge in [-0.25, -0.2) is 4.79 Å². The molecule has 4 nitrogen and oxygen atoms in total. The Labute approximate surface area is 128 Å². The Morgan fingerprint density at radius 2 is 2.00 bits per heavy atom. The molecule has 0 aromatic heterocycles. The SMILES string of the molecule is CN(C)CCCN(C)c1ccc(Br)cc1/C=C/C(=O)O. The molecule has 0 aliphatic rings. The quantitative estimate of drug-likeness (QED) is 0.775. The number of carboxylic acid groups (broad SMARTS) is 1. The smallest absolute Gasteiger partial charge is 0.328 e. The molecule has 0 spiro atoms. The van der Waals surface area contributed by atoms with Crippen LogP contribution in [0.15, 0.2) is 28.7 Å². The van der Waals surface area contributed by atoms with Gasteiger partial charge in [-0.3, -0.25) is 0 Å². The molecule has 20 heavy (non-hydrogen) atoms. The summed E-state index contributed by atoms with van der Waals surface area (Å²) in [4.78, 5) is 15.0. The van der Waals surface area contributed by atoms with E-state index in [0.717, 1.165) is 35.2 Å². The number of halogens is 1. The molecule has 5 heteroatoms. The number of anilines is 1. The summed E-state index contributed by atoms with van der Waals surface area (Å²) in [6.45, 7) is 1.95. The molecule has 0 bridgehead atoms. The molecule has 1 N–H and O–H groups in total. The molecule has 0 heterocycles. The number of carbonyl (C=O) groups is 1. The van der Waals surface area contributed by atoms with Gasteiger partial charge in [0.15, 0.2) is 0 Å². The van der Waals surface area contributed by atoms with Crippen LogP contribution in [0.2, 0.25) is 0 Å². The van der Waals surface area contributed by atoms with Crippen molar-refractivity contribution in [3.05, 3.63) is 34.3 Å². The van der Waals surface area contributed by atoms with E-state index < -0.39 is 5.97 Å². The predicted molar refractivity (Wildman–Crippen MR) is 87.3 cm³/mol. The Balaban J connectivity index is 2.84. The highest BCUT2D eigenvalue weighted by Gasteiger charge is 2.07. The van der Waals surface area contributed by atoms with Crippen LogP contribution in [0, 0.1) is 0 Å². The van der Waals surface area contributed by atoms with E-state index in [1.54, 1.807) is 6.08 Å². The van der Waals surface area contributed by atoms with Gasteiger partial charge in [0.05, 0.1) is 0 Å². The first kappa shape index (κ1) is 16.7. The molecule has 0 saturated carbocycles. The van der Waals surface area contributed by atoms with E-state index in [1.807, 2.05) is 25.2 Å². The fourth-order valence-electron chi connectivity index (χ4n) is 1.91. The lowest BCUT2D eigenvalue weighted by Crippen LogP contribution is -2.23. The van der Waals surface area contributed by atoms with Crippen molar-refractivity contribution in [2.75, 3.05) is 39.1 Å². The summed E-state index contributed by atoms with van der Waals surface area (Å²) in [6, 6.07) is 5.90. The average Bonchev–Trinajstić information content (AvgIpc) is 2.35. The van der Waals surface area contributed by atoms with Gasteiger partial charge in [0.25, 0.3) is 0 Å². The number of aliphatic carboxylic acids is 1. The van der Waals surface area contributed by atoms with Crippen molar-refractivity contribution < 1.29 is 9.90 Å². The molecule has 0 fully saturated rings. The zero-order chi connectivity index (χ0) is 15.1. The first-order valence-corrected chi connectivity index (χ1v) is 7.26. The third kappa shape index (κ3) is 5.75. The van der Waals surface area contributed by atoms with Crippen LogP contribution in [-0.2, 0) is 4.79 Å². The van der Waals surface area contributed by atoms with Crippen LogP contribution >= 0.6 is 15.9 Å². The van der Waals surface area contributed by atoms with Crippen LogP contribution < -0.4 is 4.90 Å². The maximum absolute atomic E-state index is 10.7. The highest BCUT2D eigenvalue weighted by Crippen LogP contribution is 2.25. The maximum atomic E-state index is 10.7. The van der Waals surface area contributed by atoms with Crippen molar-refractivity contribution in [2.45, 2.75) is 6.42 Å². The van der Waals surface area contributed by atoms with Crippen LogP contribution in [0.3, 0.4) is 0 Å². The summed E-state index contributed by atoms with van der Waals surface area (Å²) in [5.74, 6) is -0.939. The fourth-order valence-corrected chi connectivity index (χ4v) is 2.29. The van der Waals surface area contributed by atoms with Crippen molar-refractivity contribution in [3.63, 3.8) is 0 Å². The van der Waals surface area contributed by atoms with Crippen LogP contribution in [0.1, 0.15) is 12.0 Å². The second-order valence-electron chi connectivity index (χ2n) is 4.95. The monoisotopic (exact) mass is 340 g/mol. The number of nitrogens with zero attached hydrogens (tertiary/aromatic N) is 2. The van der Waals surface area contributed by atoms with E-state index >= 15 is 0 Å². The Morgan fingerprint density at radius 3 is 2.60 bits per heavy atom. The Morgan fingerprint density at radius 1 is 1.30 bits per heavy atom. The summed E-state index contributed by atoms with van der Waals surface area (Å²) in [7, 11) is 6.14. The van der Waals surface area contributed by atoms with Crippen molar-refractivity contribution >= 4 is 33.7 Å². The van der Waals surface area contributed by atoms with Gasteiger partial charge in [-0.15, -0.1) is 0 Å². The number of carboxylic acids is 1. The molecule has 1 aromatic carbocycles. The summed E-state index contributed by atoms with van der Waals surface area (Å²) >= 11 is 3.42. The molecule has 0 aliphatic carbocycles. The van der Waals surface area contributed by atoms with Crippen molar-refractivity contribution in [1.82, 2.24) is 4.90 Å². The first-order chi connectivity index (χ1) is 9.40. The predicted octanol–water partition coefficient (Wildman–Crippen LogP) is 2.93. The lowest BCUT2D eigenvalue weighted by Gasteiger charge is -2.22. The van der Waals surface area contributed by atoms with Crippen LogP contribution in [0.25, 0.3) is 6.08 Å². The van der Waals surface area contributed by atoms with Crippen molar-refractivity contribution in [2.24, 2.45) is 0 Å². The fraction of sp³-hybridized carbons (Fsp3) is 0.400. The zero-order valence-electron chi connectivity index (χ0n) is 12.1. The van der Waals surface area contributed by atoms with Gasteiger partial charge in [-0.05, 0) is 56.9 Å². The molecule has 0 unspecified atom stereocenters. The first-order valence-electron chi connectivity index (χ1n) is 6.46. The summed E-state index contributed by atoms with van der Waals surface area (Å²) < 4.78 is 0.938. The van der Waals surface area contributed by atoms with Gasteiger partial charge in [-0.2, -0.15) is 0 Å². The second-order valence-corrected chi connectivity index (χ2v) is 5.87. The molecule has 0 amide bonds. The zero-order valence-corrected chi connectivity index (χ0v) is 13.7. The van der Waals surface area contributed by atoms with Gasteiger partial charge >= 0.3 is 5.97 Å². The Kier molecular flexibility index (Phi) is 6.75. The third-order valence-corrected chi connectivity index (χ3v) is 3.40. The van der Waals surface area contributed by atoms with Crippen LogP contribution in [-0.4, -0.2) is 50.2 Å². The summed E-state index contributed by atoms with van der Waals surface area (Å²) in [6.07, 6.45) is 3.85. The van der Waals surface area contributed by atoms with Gasteiger partial charge in [0.1, 0.15) is 0 Å². The standard InChI is InChI=1S/C15H21BrN2O2/c1-17(2)9-4-10-18(3)14-7-6-13(16)11-12(14)5-8-15(19)20/h5-8,11H,4,9-10H2,1-3H3,(H,19,20)/b8-5+. The molecule has 1 rings (SSSR count). The average molecular weight is 341 g/mol. The van der Waals surface area contributed by atoms with E-state index in [2.05, 4.69) is 39.8 Å². The van der Waals surface area contributed by atoms with E-state index in [4.69, 9.17) is 5.11 Å². The Bertz CT molecular complexity index is 487. The maximum Gasteiger partial charge on any atom is 0.328 e. The lowest BCUT2D eigenvalue weighted by molar-refractivity contribution is -0.131. The molecule has 110 valence electrons. The van der Waals surface area contributed by atoms with E-state index in [1.165, 1.54) is 6.08 Å². The van der Waals surface area contributed by atoms with Crippen molar-refractivity contribution in [1.29, 1.82) is 0 Å². The van der Waals surface area contributed by atoms with E-state index in [0.29, 0.717) is 0 Å². The minimum Gasteiger partial charge on any atom is -0.478 e. The molecular formula is C15H21BrN2O2. The van der Waals surface area contributed by atoms with E-state index in [9.17, 15) is 4.79 Å². The summed E-state index contributed by atoms with van der Waals surface area (Å²) in [5, 5.41) is 8.76. The highest BCUT2D eigenvalue weighted by atomic mass is 79.9. The molecule has 0 atom stereocenters. The minimum atomic E-state index is -0.939. The van der Waals surface area contributed by atoms with Gasteiger partial charge in [0.2, 0.25) is 0 Å². The minimum absolute atomic E-state index is 0.897. The Hall–Kier alpha value is -1.33. The van der Waals surface area contributed by atoms with Gasteiger partial charge in [0, 0.05) is 29.8 Å². The summed E-state index contributed by atoms with van der Waals surface area (Å²) in [5.41, 5.74) is 1.93. The normalized spacial score (nSPS) is 11.2. The number of rotatable bonds is 7. The van der Waals surface area contributed by atoms with Gasteiger partial charge in [-0.1, -0.05) is 15.9 Å².